The third kappa shape index (κ3) is 3.19. The molecule has 2 rings (SSSR count). The summed E-state index contributed by atoms with van der Waals surface area (Å²) in [6.45, 7) is 0.00133. The van der Waals surface area contributed by atoms with Gasteiger partial charge in [0, 0.05) is 26.2 Å². The molecule has 1 saturated heterocycles. The zero-order chi connectivity index (χ0) is 13.2. The van der Waals surface area contributed by atoms with E-state index in [1.165, 1.54) is 16.1 Å². The zero-order valence-corrected chi connectivity index (χ0v) is 9.44. The van der Waals surface area contributed by atoms with Crippen molar-refractivity contribution in [3.63, 3.8) is 0 Å². The summed E-state index contributed by atoms with van der Waals surface area (Å²) in [5, 5.41) is 6.00. The highest BCUT2D eigenvalue weighted by molar-refractivity contribution is 5.90. The Morgan fingerprint density at radius 3 is 2.50 bits per heavy atom. The number of carbonyl (C=O) groups is 1. The lowest BCUT2D eigenvalue weighted by atomic mass is 10.3. The van der Waals surface area contributed by atoms with Crippen molar-refractivity contribution < 1.29 is 18.0 Å². The molecule has 18 heavy (non-hydrogen) atoms. The van der Waals surface area contributed by atoms with Crippen LogP contribution in [0.3, 0.4) is 0 Å². The summed E-state index contributed by atoms with van der Waals surface area (Å²) in [6.07, 6.45) is -2.98. The van der Waals surface area contributed by atoms with Gasteiger partial charge in [-0.15, -0.1) is 0 Å². The third-order valence-corrected chi connectivity index (χ3v) is 2.68. The minimum absolute atomic E-state index is 0.110. The maximum Gasteiger partial charge on any atom is 0.401 e. The molecule has 0 saturated carbocycles. The fraction of sp³-hybridized carbons (Fsp3) is 0.667. The Morgan fingerprint density at radius 1 is 1.33 bits per heavy atom. The van der Waals surface area contributed by atoms with Crippen molar-refractivity contribution in [2.24, 2.45) is 0 Å². The van der Waals surface area contributed by atoms with Gasteiger partial charge < -0.3 is 4.90 Å². The van der Waals surface area contributed by atoms with Crippen LogP contribution in [0.5, 0.6) is 0 Å². The first-order valence-electron chi connectivity index (χ1n) is 5.39. The van der Waals surface area contributed by atoms with Crippen LogP contribution in [0.25, 0.3) is 0 Å². The smallest absolute Gasteiger partial charge is 0.333 e. The molecule has 1 aliphatic rings. The summed E-state index contributed by atoms with van der Waals surface area (Å²) in [7, 11) is 0. The second-order valence-corrected chi connectivity index (χ2v) is 4.02. The molecule has 0 aliphatic carbocycles. The molecule has 1 aromatic rings. The summed E-state index contributed by atoms with van der Waals surface area (Å²) in [6, 6.07) is 0. The number of hydrogen-bond acceptors (Lipinski definition) is 4. The van der Waals surface area contributed by atoms with Gasteiger partial charge in [0.25, 0.3) is 5.91 Å². The number of piperazine rings is 1. The van der Waals surface area contributed by atoms with Gasteiger partial charge in [-0.3, -0.25) is 14.8 Å². The molecule has 1 N–H and O–H groups in total. The summed E-state index contributed by atoms with van der Waals surface area (Å²) in [5.74, 6) is -0.224. The first kappa shape index (κ1) is 12.8. The highest BCUT2D eigenvalue weighted by Crippen LogP contribution is 2.17. The minimum atomic E-state index is -4.20. The first-order chi connectivity index (χ1) is 8.46. The standard InChI is InChI=1S/C9H12F3N5O/c10-9(11,12)5-16-1-3-17(4-2-16)8(18)7-13-6-14-15-7/h6H,1-5H2,(H,13,14,15). The molecule has 1 fully saturated rings. The lowest BCUT2D eigenvalue weighted by molar-refractivity contribution is -0.148. The van der Waals surface area contributed by atoms with Crippen molar-refractivity contribution in [1.29, 1.82) is 0 Å². The summed E-state index contributed by atoms with van der Waals surface area (Å²) in [5.41, 5.74) is 0. The molecule has 9 heteroatoms. The third-order valence-electron chi connectivity index (χ3n) is 2.68. The van der Waals surface area contributed by atoms with Crippen LogP contribution in [0.1, 0.15) is 10.6 Å². The van der Waals surface area contributed by atoms with E-state index in [1.54, 1.807) is 0 Å². The quantitative estimate of drug-likeness (QED) is 0.823. The zero-order valence-electron chi connectivity index (χ0n) is 9.44. The number of carbonyl (C=O) groups excluding carboxylic acids is 1. The average molecular weight is 263 g/mol. The molecule has 1 amide bonds. The van der Waals surface area contributed by atoms with Crippen LogP contribution in [0.4, 0.5) is 13.2 Å². The Bertz CT molecular complexity index is 397. The molecule has 1 aromatic heterocycles. The van der Waals surface area contributed by atoms with E-state index in [1.807, 2.05) is 0 Å². The monoisotopic (exact) mass is 263 g/mol. The average Bonchev–Trinajstić information content (AvgIpc) is 2.80. The van der Waals surface area contributed by atoms with E-state index in [2.05, 4.69) is 15.2 Å². The number of amides is 1. The predicted molar refractivity (Wildman–Crippen MR) is 54.8 cm³/mol. The normalized spacial score (nSPS) is 18.1. The van der Waals surface area contributed by atoms with E-state index in [9.17, 15) is 18.0 Å². The first-order valence-corrected chi connectivity index (χ1v) is 5.39. The lowest BCUT2D eigenvalue weighted by Crippen LogP contribution is -2.51. The van der Waals surface area contributed by atoms with E-state index in [0.29, 0.717) is 0 Å². The number of aromatic nitrogens is 3. The molecule has 0 bridgehead atoms. The number of aromatic amines is 1. The fourth-order valence-electron chi connectivity index (χ4n) is 1.82. The lowest BCUT2D eigenvalue weighted by Gasteiger charge is -2.34. The van der Waals surface area contributed by atoms with E-state index < -0.39 is 12.7 Å². The highest BCUT2D eigenvalue weighted by atomic mass is 19.4. The Morgan fingerprint density at radius 2 is 2.00 bits per heavy atom. The van der Waals surface area contributed by atoms with Gasteiger partial charge in [0.15, 0.2) is 0 Å². The van der Waals surface area contributed by atoms with Gasteiger partial charge in [-0.1, -0.05) is 0 Å². The predicted octanol–water partition coefficient (Wildman–Crippen LogP) is 0.125. The molecular weight excluding hydrogens is 251 g/mol. The van der Waals surface area contributed by atoms with E-state index in [4.69, 9.17) is 0 Å². The maximum atomic E-state index is 12.2. The van der Waals surface area contributed by atoms with Crippen LogP contribution in [-0.2, 0) is 0 Å². The van der Waals surface area contributed by atoms with Gasteiger partial charge in [-0.2, -0.15) is 18.3 Å². The van der Waals surface area contributed by atoms with Crippen molar-refractivity contribution in [3.05, 3.63) is 12.2 Å². The van der Waals surface area contributed by atoms with E-state index >= 15 is 0 Å². The van der Waals surface area contributed by atoms with Crippen molar-refractivity contribution in [2.75, 3.05) is 32.7 Å². The molecule has 0 aromatic carbocycles. The molecule has 0 radical (unpaired) electrons. The molecule has 100 valence electrons. The van der Waals surface area contributed by atoms with Gasteiger partial charge >= 0.3 is 6.18 Å². The number of rotatable bonds is 2. The van der Waals surface area contributed by atoms with Crippen LogP contribution in [-0.4, -0.2) is 69.8 Å². The molecule has 6 nitrogen and oxygen atoms in total. The van der Waals surface area contributed by atoms with E-state index in [0.717, 1.165) is 0 Å². The van der Waals surface area contributed by atoms with Crippen LogP contribution in [0, 0.1) is 0 Å². The molecule has 0 spiro atoms. The van der Waals surface area contributed by atoms with E-state index in [-0.39, 0.29) is 37.9 Å². The Kier molecular flexibility index (Phi) is 3.50. The second kappa shape index (κ2) is 4.92. The number of nitrogens with one attached hydrogen (secondary N) is 1. The largest absolute Gasteiger partial charge is 0.401 e. The van der Waals surface area contributed by atoms with Crippen LogP contribution in [0.15, 0.2) is 6.33 Å². The number of halogens is 3. The van der Waals surface area contributed by atoms with Gasteiger partial charge in [0.05, 0.1) is 6.54 Å². The van der Waals surface area contributed by atoms with Crippen LogP contribution < -0.4 is 0 Å². The Balaban J connectivity index is 1.85. The van der Waals surface area contributed by atoms with Crippen molar-refractivity contribution in [2.45, 2.75) is 6.18 Å². The molecular formula is C9H12F3N5O. The van der Waals surface area contributed by atoms with Gasteiger partial charge in [-0.25, -0.2) is 4.98 Å². The Labute approximate surface area is 101 Å². The molecule has 2 heterocycles. The van der Waals surface area contributed by atoms with Crippen molar-refractivity contribution in [1.82, 2.24) is 25.0 Å². The summed E-state index contributed by atoms with van der Waals surface area (Å²) in [4.78, 5) is 18.3. The topological polar surface area (TPSA) is 65.1 Å². The maximum absolute atomic E-state index is 12.2. The van der Waals surface area contributed by atoms with Crippen molar-refractivity contribution >= 4 is 5.91 Å². The number of hydrogen-bond donors (Lipinski definition) is 1. The van der Waals surface area contributed by atoms with Gasteiger partial charge in [-0.05, 0) is 0 Å². The highest BCUT2D eigenvalue weighted by Gasteiger charge is 2.33. The molecule has 0 unspecified atom stereocenters. The SMILES string of the molecule is O=C(c1ncn[nH]1)N1CCN(CC(F)(F)F)CC1. The summed E-state index contributed by atoms with van der Waals surface area (Å²) < 4.78 is 36.5. The summed E-state index contributed by atoms with van der Waals surface area (Å²) >= 11 is 0. The fourth-order valence-corrected chi connectivity index (χ4v) is 1.82. The Hall–Kier alpha value is -1.64. The minimum Gasteiger partial charge on any atom is -0.333 e. The number of alkyl halides is 3. The molecule has 1 aliphatic heterocycles. The number of H-pyrrole nitrogens is 1. The molecule has 0 atom stereocenters. The van der Waals surface area contributed by atoms with Crippen LogP contribution >= 0.6 is 0 Å². The van der Waals surface area contributed by atoms with Gasteiger partial charge in [0.1, 0.15) is 6.33 Å². The van der Waals surface area contributed by atoms with Crippen LogP contribution in [0.2, 0.25) is 0 Å². The second-order valence-electron chi connectivity index (χ2n) is 4.02. The van der Waals surface area contributed by atoms with Gasteiger partial charge in [0.2, 0.25) is 5.82 Å². The number of nitrogens with zero attached hydrogens (tertiary/aromatic N) is 4. The van der Waals surface area contributed by atoms with Crippen molar-refractivity contribution in [3.8, 4) is 0 Å².